The number of Topliss-reactive ketones (excluding diaryl/α,β-unsaturated/α-hetero) is 1. The summed E-state index contributed by atoms with van der Waals surface area (Å²) in [6, 6.07) is 0. The summed E-state index contributed by atoms with van der Waals surface area (Å²) in [6.07, 6.45) is 11.7. The van der Waals surface area contributed by atoms with Crippen LogP contribution in [0.1, 0.15) is 71.6 Å². The first kappa shape index (κ1) is 14.9. The molecule has 2 atom stereocenters. The fourth-order valence-electron chi connectivity index (χ4n) is 5.21. The fourth-order valence-corrected chi connectivity index (χ4v) is 8.86. The van der Waals surface area contributed by atoms with E-state index >= 15 is 0 Å². The van der Waals surface area contributed by atoms with E-state index in [0.717, 1.165) is 17.6 Å². The second-order valence-corrected chi connectivity index (χ2v) is 10.1. The smallest absolute Gasteiger partial charge is 0.190 e. The number of hydrogen-bond acceptors (Lipinski definition) is 1. The van der Waals surface area contributed by atoms with Gasteiger partial charge >= 0.3 is 0 Å². The van der Waals surface area contributed by atoms with Crippen molar-refractivity contribution in [1.29, 1.82) is 0 Å². The Morgan fingerprint density at radius 1 is 1.00 bits per heavy atom. The fraction of sp³-hybridized carbons (Fsp3) is 0.944. The van der Waals surface area contributed by atoms with E-state index in [1.807, 2.05) is 0 Å². The third-order valence-electron chi connectivity index (χ3n) is 6.00. The lowest BCUT2D eigenvalue weighted by Crippen LogP contribution is -2.62. The number of hydrogen-bond donors (Lipinski definition) is 0. The van der Waals surface area contributed by atoms with E-state index in [2.05, 4.69) is 13.8 Å². The molecule has 0 aromatic heterocycles. The minimum absolute atomic E-state index is 0.166. The summed E-state index contributed by atoms with van der Waals surface area (Å²) >= 11 is 0. The number of ketones is 1. The first-order valence-corrected chi connectivity index (χ1v) is 10.5. The standard InChI is InChI=1S/C18H31OS/c1-3-5-7-20(8-6-4-2)18-12-14-9-15(13-18)11-16(10-14)17(18)19/h14-16H,3-13H2,1-2H3/q+1. The molecule has 4 fully saturated rings. The van der Waals surface area contributed by atoms with Gasteiger partial charge in [-0.1, -0.05) is 26.7 Å². The Bertz CT molecular complexity index is 342. The second-order valence-electron chi connectivity index (χ2n) is 7.51. The Morgan fingerprint density at radius 3 is 2.05 bits per heavy atom. The predicted molar refractivity (Wildman–Crippen MR) is 88.2 cm³/mol. The highest BCUT2D eigenvalue weighted by Gasteiger charge is 2.64. The largest absolute Gasteiger partial charge is 0.293 e. The maximum absolute atomic E-state index is 13.1. The monoisotopic (exact) mass is 295 g/mol. The molecule has 0 N–H and O–H groups in total. The molecule has 0 aromatic carbocycles. The molecule has 0 aromatic rings. The van der Waals surface area contributed by atoms with E-state index in [1.54, 1.807) is 0 Å². The van der Waals surface area contributed by atoms with Crippen molar-refractivity contribution in [3.63, 3.8) is 0 Å². The highest BCUT2D eigenvalue weighted by Crippen LogP contribution is 2.57. The molecule has 4 bridgehead atoms. The van der Waals surface area contributed by atoms with Crippen LogP contribution in [0.2, 0.25) is 0 Å². The lowest BCUT2D eigenvalue weighted by atomic mass is 9.55. The van der Waals surface area contributed by atoms with Gasteiger partial charge in [0, 0.05) is 29.7 Å². The number of rotatable bonds is 7. The van der Waals surface area contributed by atoms with Crippen molar-refractivity contribution in [2.75, 3.05) is 11.5 Å². The van der Waals surface area contributed by atoms with Gasteiger partial charge in [-0.05, 0) is 43.9 Å². The van der Waals surface area contributed by atoms with Crippen molar-refractivity contribution in [1.82, 2.24) is 0 Å². The molecule has 2 unspecified atom stereocenters. The quantitative estimate of drug-likeness (QED) is 0.638. The minimum Gasteiger partial charge on any atom is -0.293 e. The maximum atomic E-state index is 13.1. The predicted octanol–water partition coefficient (Wildman–Crippen LogP) is 4.35. The molecule has 0 heterocycles. The van der Waals surface area contributed by atoms with Crippen LogP contribution in [0.25, 0.3) is 0 Å². The molecule has 0 aliphatic heterocycles. The molecular weight excluding hydrogens is 264 g/mol. The van der Waals surface area contributed by atoms with Gasteiger partial charge in [-0.2, -0.15) is 0 Å². The van der Waals surface area contributed by atoms with Crippen LogP contribution in [-0.2, 0) is 15.7 Å². The van der Waals surface area contributed by atoms with Gasteiger partial charge in [-0.25, -0.2) is 0 Å². The molecule has 20 heavy (non-hydrogen) atoms. The van der Waals surface area contributed by atoms with E-state index in [1.165, 1.54) is 69.3 Å². The molecule has 4 aliphatic carbocycles. The van der Waals surface area contributed by atoms with Gasteiger partial charge in [0.2, 0.25) is 0 Å². The molecule has 4 rings (SSSR count). The van der Waals surface area contributed by atoms with Gasteiger partial charge in [0.1, 0.15) is 11.5 Å². The van der Waals surface area contributed by atoms with Gasteiger partial charge in [-0.15, -0.1) is 0 Å². The van der Waals surface area contributed by atoms with E-state index < -0.39 is 0 Å². The van der Waals surface area contributed by atoms with Crippen molar-refractivity contribution in [2.45, 2.75) is 76.4 Å². The van der Waals surface area contributed by atoms with E-state index in [-0.39, 0.29) is 4.75 Å². The summed E-state index contributed by atoms with van der Waals surface area (Å²) in [6.45, 7) is 4.59. The van der Waals surface area contributed by atoms with Crippen LogP contribution >= 0.6 is 0 Å². The summed E-state index contributed by atoms with van der Waals surface area (Å²) in [7, 11) is 0.391. The van der Waals surface area contributed by atoms with Crippen LogP contribution in [0, 0.1) is 17.8 Å². The van der Waals surface area contributed by atoms with Gasteiger partial charge in [0.25, 0.3) is 0 Å². The first-order chi connectivity index (χ1) is 9.69. The zero-order chi connectivity index (χ0) is 14.2. The summed E-state index contributed by atoms with van der Waals surface area (Å²) in [5.74, 6) is 5.69. The highest BCUT2D eigenvalue weighted by atomic mass is 32.2. The third kappa shape index (κ3) is 2.46. The number of carbonyl (C=O) groups is 1. The average molecular weight is 296 g/mol. The molecule has 1 nitrogen and oxygen atoms in total. The lowest BCUT2D eigenvalue weighted by Gasteiger charge is -2.53. The van der Waals surface area contributed by atoms with Crippen molar-refractivity contribution in [3.05, 3.63) is 0 Å². The molecule has 2 heteroatoms. The average Bonchev–Trinajstić information content (AvgIpc) is 2.43. The Balaban J connectivity index is 1.81. The Labute approximate surface area is 127 Å². The van der Waals surface area contributed by atoms with Crippen molar-refractivity contribution >= 4 is 16.7 Å². The number of carbonyl (C=O) groups excluding carboxylic acids is 1. The maximum Gasteiger partial charge on any atom is 0.190 e. The van der Waals surface area contributed by atoms with Gasteiger partial charge in [0.05, 0.1) is 0 Å². The third-order valence-corrected chi connectivity index (χ3v) is 9.20. The molecule has 0 amide bonds. The second kappa shape index (κ2) is 6.02. The Morgan fingerprint density at radius 2 is 1.55 bits per heavy atom. The Kier molecular flexibility index (Phi) is 4.50. The molecule has 4 saturated carbocycles. The van der Waals surface area contributed by atoms with Crippen molar-refractivity contribution < 1.29 is 4.79 Å². The van der Waals surface area contributed by atoms with Gasteiger partial charge < -0.3 is 0 Å². The normalized spacial score (nSPS) is 39.0. The topological polar surface area (TPSA) is 17.1 Å². The molecule has 0 radical (unpaired) electrons. The van der Waals surface area contributed by atoms with Crippen LogP contribution in [0.3, 0.4) is 0 Å². The summed E-state index contributed by atoms with van der Waals surface area (Å²) in [4.78, 5) is 13.1. The molecule has 0 spiro atoms. The molecule has 114 valence electrons. The van der Waals surface area contributed by atoms with E-state index in [0.29, 0.717) is 16.8 Å². The van der Waals surface area contributed by atoms with Gasteiger partial charge in [0.15, 0.2) is 10.5 Å². The molecule has 4 aliphatic rings. The van der Waals surface area contributed by atoms with Gasteiger partial charge in [-0.3, -0.25) is 4.79 Å². The lowest BCUT2D eigenvalue weighted by molar-refractivity contribution is -0.137. The first-order valence-electron chi connectivity index (χ1n) is 8.91. The Hall–Kier alpha value is 0.0200. The van der Waals surface area contributed by atoms with Crippen molar-refractivity contribution in [2.24, 2.45) is 17.8 Å². The summed E-state index contributed by atoms with van der Waals surface area (Å²) in [5, 5.41) is 0. The highest BCUT2D eigenvalue weighted by molar-refractivity contribution is 7.98. The van der Waals surface area contributed by atoms with Crippen LogP contribution in [0.4, 0.5) is 0 Å². The zero-order valence-electron chi connectivity index (χ0n) is 13.3. The van der Waals surface area contributed by atoms with E-state index in [4.69, 9.17) is 0 Å². The minimum atomic E-state index is 0.166. The summed E-state index contributed by atoms with van der Waals surface area (Å²) < 4.78 is 0.166. The van der Waals surface area contributed by atoms with Crippen LogP contribution in [0.15, 0.2) is 0 Å². The summed E-state index contributed by atoms with van der Waals surface area (Å²) in [5.41, 5.74) is 0. The van der Waals surface area contributed by atoms with Crippen molar-refractivity contribution in [3.8, 4) is 0 Å². The SMILES string of the molecule is CCCC[S+](CCCC)C12CC3CC(CC(C3)C1=O)C2. The van der Waals surface area contributed by atoms with Crippen LogP contribution in [0.5, 0.6) is 0 Å². The molecule has 0 saturated heterocycles. The number of unbranched alkanes of at least 4 members (excludes halogenated alkanes) is 2. The van der Waals surface area contributed by atoms with Crippen LogP contribution in [-0.4, -0.2) is 22.0 Å². The zero-order valence-corrected chi connectivity index (χ0v) is 14.1. The van der Waals surface area contributed by atoms with E-state index in [9.17, 15) is 4.79 Å². The van der Waals surface area contributed by atoms with Crippen LogP contribution < -0.4 is 0 Å². The molecular formula is C18H31OS+.